The lowest BCUT2D eigenvalue weighted by atomic mass is 9.91. The zero-order chi connectivity index (χ0) is 13.4. The third-order valence-corrected chi connectivity index (χ3v) is 3.35. The molecule has 0 bridgehead atoms. The molecule has 0 aliphatic rings. The Hall–Kier alpha value is -1.02. The SMILES string of the molecule is CNCC(CCC(C)C)Cc1ccccc1OC. The number of nitrogens with one attached hydrogen (secondary N) is 1. The molecule has 2 heteroatoms. The molecule has 0 spiro atoms. The van der Waals surface area contributed by atoms with E-state index in [1.54, 1.807) is 7.11 Å². The lowest BCUT2D eigenvalue weighted by molar-refractivity contribution is 0.385. The Bertz CT molecular complexity index is 336. The summed E-state index contributed by atoms with van der Waals surface area (Å²) >= 11 is 0. The molecule has 1 unspecified atom stereocenters. The molecular weight excluding hydrogens is 222 g/mol. The van der Waals surface area contributed by atoms with Gasteiger partial charge in [0.1, 0.15) is 5.75 Å². The van der Waals surface area contributed by atoms with Crippen LogP contribution in [0.3, 0.4) is 0 Å². The largest absolute Gasteiger partial charge is 0.496 e. The molecule has 1 N–H and O–H groups in total. The number of para-hydroxylation sites is 1. The quantitative estimate of drug-likeness (QED) is 0.761. The van der Waals surface area contributed by atoms with Gasteiger partial charge in [-0.15, -0.1) is 0 Å². The first kappa shape index (κ1) is 15.0. The molecule has 102 valence electrons. The first-order valence-corrected chi connectivity index (χ1v) is 6.93. The summed E-state index contributed by atoms with van der Waals surface area (Å²) in [6.45, 7) is 5.66. The molecule has 18 heavy (non-hydrogen) atoms. The molecule has 1 aromatic carbocycles. The molecule has 1 atom stereocenters. The van der Waals surface area contributed by atoms with Crippen LogP contribution in [-0.4, -0.2) is 20.7 Å². The minimum absolute atomic E-state index is 0.689. The van der Waals surface area contributed by atoms with Gasteiger partial charge in [-0.2, -0.15) is 0 Å². The molecule has 1 rings (SSSR count). The zero-order valence-electron chi connectivity index (χ0n) is 12.2. The van der Waals surface area contributed by atoms with Crippen LogP contribution >= 0.6 is 0 Å². The van der Waals surface area contributed by atoms with Gasteiger partial charge in [0.2, 0.25) is 0 Å². The van der Waals surface area contributed by atoms with E-state index < -0.39 is 0 Å². The highest BCUT2D eigenvalue weighted by Crippen LogP contribution is 2.23. The molecule has 0 aromatic heterocycles. The Balaban J connectivity index is 2.63. The van der Waals surface area contributed by atoms with E-state index in [1.165, 1.54) is 18.4 Å². The van der Waals surface area contributed by atoms with Gasteiger partial charge in [-0.1, -0.05) is 38.5 Å². The summed E-state index contributed by atoms with van der Waals surface area (Å²) in [5.41, 5.74) is 1.32. The lowest BCUT2D eigenvalue weighted by Gasteiger charge is -2.19. The Labute approximate surface area is 112 Å². The van der Waals surface area contributed by atoms with Crippen LogP contribution in [0.4, 0.5) is 0 Å². The van der Waals surface area contributed by atoms with Crippen LogP contribution in [0.15, 0.2) is 24.3 Å². The topological polar surface area (TPSA) is 21.3 Å². The highest BCUT2D eigenvalue weighted by molar-refractivity contribution is 5.33. The first-order valence-electron chi connectivity index (χ1n) is 6.93. The van der Waals surface area contributed by atoms with Crippen LogP contribution in [-0.2, 0) is 6.42 Å². The van der Waals surface area contributed by atoms with Gasteiger partial charge in [-0.3, -0.25) is 0 Å². The second-order valence-corrected chi connectivity index (χ2v) is 5.41. The monoisotopic (exact) mass is 249 g/mol. The third-order valence-electron chi connectivity index (χ3n) is 3.35. The minimum atomic E-state index is 0.689. The van der Waals surface area contributed by atoms with Gasteiger partial charge in [0.25, 0.3) is 0 Å². The second-order valence-electron chi connectivity index (χ2n) is 5.41. The van der Waals surface area contributed by atoms with Crippen LogP contribution in [0.1, 0.15) is 32.3 Å². The molecule has 0 aliphatic carbocycles. The first-order chi connectivity index (χ1) is 8.67. The van der Waals surface area contributed by atoms with Crippen molar-refractivity contribution in [2.75, 3.05) is 20.7 Å². The van der Waals surface area contributed by atoms with E-state index in [4.69, 9.17) is 4.74 Å². The van der Waals surface area contributed by atoms with Crippen molar-refractivity contribution in [1.29, 1.82) is 0 Å². The standard InChI is InChI=1S/C16H27NO/c1-13(2)9-10-14(12-17-3)11-15-7-5-6-8-16(15)18-4/h5-8,13-14,17H,9-12H2,1-4H3. The normalized spacial score (nSPS) is 12.7. The summed E-state index contributed by atoms with van der Waals surface area (Å²) in [6, 6.07) is 8.35. The Morgan fingerprint density at radius 2 is 1.89 bits per heavy atom. The third kappa shape index (κ3) is 5.09. The Morgan fingerprint density at radius 3 is 2.50 bits per heavy atom. The maximum Gasteiger partial charge on any atom is 0.122 e. The molecule has 0 amide bonds. The van der Waals surface area contributed by atoms with E-state index in [1.807, 2.05) is 19.2 Å². The van der Waals surface area contributed by atoms with Crippen molar-refractivity contribution in [2.45, 2.75) is 33.1 Å². The van der Waals surface area contributed by atoms with Crippen LogP contribution in [0.2, 0.25) is 0 Å². The Morgan fingerprint density at radius 1 is 1.17 bits per heavy atom. The van der Waals surface area contributed by atoms with Crippen molar-refractivity contribution in [3.05, 3.63) is 29.8 Å². The Kier molecular flexibility index (Phi) is 6.81. The maximum absolute atomic E-state index is 5.43. The summed E-state index contributed by atoms with van der Waals surface area (Å²) in [4.78, 5) is 0. The molecule has 0 heterocycles. The number of hydrogen-bond donors (Lipinski definition) is 1. The molecule has 0 saturated heterocycles. The van der Waals surface area contributed by atoms with Crippen molar-refractivity contribution in [3.63, 3.8) is 0 Å². The zero-order valence-corrected chi connectivity index (χ0v) is 12.2. The number of hydrogen-bond acceptors (Lipinski definition) is 2. The smallest absolute Gasteiger partial charge is 0.122 e. The fraction of sp³-hybridized carbons (Fsp3) is 0.625. The number of benzene rings is 1. The van der Waals surface area contributed by atoms with E-state index >= 15 is 0 Å². The molecule has 2 nitrogen and oxygen atoms in total. The highest BCUT2D eigenvalue weighted by atomic mass is 16.5. The summed E-state index contributed by atoms with van der Waals surface area (Å²) in [7, 11) is 3.78. The lowest BCUT2D eigenvalue weighted by Crippen LogP contribution is -2.21. The van der Waals surface area contributed by atoms with Gasteiger partial charge in [0.05, 0.1) is 7.11 Å². The minimum Gasteiger partial charge on any atom is -0.496 e. The van der Waals surface area contributed by atoms with Crippen molar-refractivity contribution in [3.8, 4) is 5.75 Å². The van der Waals surface area contributed by atoms with Crippen molar-refractivity contribution >= 4 is 0 Å². The van der Waals surface area contributed by atoms with Crippen LogP contribution in [0.25, 0.3) is 0 Å². The van der Waals surface area contributed by atoms with E-state index in [0.717, 1.165) is 24.6 Å². The molecule has 1 aromatic rings. The van der Waals surface area contributed by atoms with Gasteiger partial charge in [-0.05, 0) is 49.9 Å². The average Bonchev–Trinajstić information content (AvgIpc) is 2.37. The van der Waals surface area contributed by atoms with Crippen molar-refractivity contribution in [2.24, 2.45) is 11.8 Å². The molecule has 0 radical (unpaired) electrons. The fourth-order valence-corrected chi connectivity index (χ4v) is 2.32. The maximum atomic E-state index is 5.43. The summed E-state index contributed by atoms with van der Waals surface area (Å²) in [5.74, 6) is 2.49. The van der Waals surface area contributed by atoms with Gasteiger partial charge in [-0.25, -0.2) is 0 Å². The van der Waals surface area contributed by atoms with Gasteiger partial charge in [0.15, 0.2) is 0 Å². The molecule has 0 aliphatic heterocycles. The van der Waals surface area contributed by atoms with Gasteiger partial charge >= 0.3 is 0 Å². The van der Waals surface area contributed by atoms with E-state index in [2.05, 4.69) is 31.3 Å². The predicted octanol–water partition coefficient (Wildman–Crippen LogP) is 3.51. The molecular formula is C16H27NO. The molecule has 0 fully saturated rings. The van der Waals surface area contributed by atoms with Gasteiger partial charge < -0.3 is 10.1 Å². The van der Waals surface area contributed by atoms with E-state index in [-0.39, 0.29) is 0 Å². The van der Waals surface area contributed by atoms with Gasteiger partial charge in [0, 0.05) is 0 Å². The second kappa shape index (κ2) is 8.15. The van der Waals surface area contributed by atoms with Crippen LogP contribution in [0.5, 0.6) is 5.75 Å². The number of rotatable bonds is 8. The van der Waals surface area contributed by atoms with Crippen LogP contribution < -0.4 is 10.1 Å². The number of ether oxygens (including phenoxy) is 1. The molecule has 0 saturated carbocycles. The van der Waals surface area contributed by atoms with E-state index in [0.29, 0.717) is 5.92 Å². The summed E-state index contributed by atoms with van der Waals surface area (Å²) in [6.07, 6.45) is 3.66. The summed E-state index contributed by atoms with van der Waals surface area (Å²) < 4.78 is 5.43. The predicted molar refractivity (Wildman–Crippen MR) is 78.2 cm³/mol. The highest BCUT2D eigenvalue weighted by Gasteiger charge is 2.12. The summed E-state index contributed by atoms with van der Waals surface area (Å²) in [5, 5.41) is 3.31. The van der Waals surface area contributed by atoms with Crippen molar-refractivity contribution < 1.29 is 4.74 Å². The van der Waals surface area contributed by atoms with Crippen LogP contribution in [0, 0.1) is 11.8 Å². The number of methoxy groups -OCH3 is 1. The fourth-order valence-electron chi connectivity index (χ4n) is 2.32. The van der Waals surface area contributed by atoms with E-state index in [9.17, 15) is 0 Å². The average molecular weight is 249 g/mol. The van der Waals surface area contributed by atoms with Crippen molar-refractivity contribution in [1.82, 2.24) is 5.32 Å².